The normalized spacial score (nSPS) is 11.0. The van der Waals surface area contributed by atoms with Gasteiger partial charge in [-0.15, -0.1) is 0 Å². The van der Waals surface area contributed by atoms with E-state index < -0.39 is 0 Å². The van der Waals surface area contributed by atoms with Gasteiger partial charge in [-0.05, 0) is 43.7 Å². The summed E-state index contributed by atoms with van der Waals surface area (Å²) >= 11 is 0. The maximum Gasteiger partial charge on any atom is 0.234 e. The van der Waals surface area contributed by atoms with Crippen LogP contribution in [-0.4, -0.2) is 25.3 Å². The first-order valence-corrected chi connectivity index (χ1v) is 6.78. The first kappa shape index (κ1) is 13.3. The van der Waals surface area contributed by atoms with E-state index in [9.17, 15) is 9.90 Å². The number of aromatic hydroxyl groups is 1. The molecule has 5 nitrogen and oxygen atoms in total. The number of phenols is 1. The summed E-state index contributed by atoms with van der Waals surface area (Å²) in [6.45, 7) is 3.85. The van der Waals surface area contributed by atoms with Crippen molar-refractivity contribution < 1.29 is 9.90 Å². The van der Waals surface area contributed by atoms with Gasteiger partial charge >= 0.3 is 0 Å². The molecule has 0 unspecified atom stereocenters. The van der Waals surface area contributed by atoms with E-state index in [2.05, 4.69) is 9.97 Å². The van der Waals surface area contributed by atoms with Crippen molar-refractivity contribution in [3.63, 3.8) is 0 Å². The van der Waals surface area contributed by atoms with E-state index in [0.717, 1.165) is 11.4 Å². The topological polar surface area (TPSA) is 67.5 Å². The third kappa shape index (κ3) is 2.27. The van der Waals surface area contributed by atoms with E-state index in [1.165, 1.54) is 12.1 Å². The Kier molecular flexibility index (Phi) is 3.17. The summed E-state index contributed by atoms with van der Waals surface area (Å²) in [6, 6.07) is 8.08. The number of fused-ring (bicyclic) bond motifs is 1. The SMILES string of the molecule is CCc1nc2nc(C)ccn2c1C(=O)c1ccc(O)cc1. The van der Waals surface area contributed by atoms with Gasteiger partial charge in [-0.1, -0.05) is 6.92 Å². The zero-order chi connectivity index (χ0) is 15.0. The Hall–Kier alpha value is -2.69. The molecule has 0 aliphatic heterocycles. The zero-order valence-corrected chi connectivity index (χ0v) is 11.9. The number of hydrogen-bond donors (Lipinski definition) is 1. The lowest BCUT2D eigenvalue weighted by molar-refractivity contribution is 0.103. The summed E-state index contributed by atoms with van der Waals surface area (Å²) in [5, 5.41) is 9.33. The van der Waals surface area contributed by atoms with E-state index in [1.807, 2.05) is 26.1 Å². The maximum atomic E-state index is 12.7. The smallest absolute Gasteiger partial charge is 0.234 e. The maximum absolute atomic E-state index is 12.7. The van der Waals surface area contributed by atoms with Crippen LogP contribution in [0.3, 0.4) is 0 Å². The van der Waals surface area contributed by atoms with Crippen molar-refractivity contribution in [2.45, 2.75) is 20.3 Å². The van der Waals surface area contributed by atoms with E-state index in [4.69, 9.17) is 0 Å². The Bertz CT molecular complexity index is 819. The van der Waals surface area contributed by atoms with E-state index in [0.29, 0.717) is 23.5 Å². The Labute approximate surface area is 121 Å². The second-order valence-electron chi connectivity index (χ2n) is 4.88. The van der Waals surface area contributed by atoms with E-state index in [1.54, 1.807) is 16.5 Å². The molecular formula is C16H15N3O2. The van der Waals surface area contributed by atoms with Gasteiger partial charge in [0.15, 0.2) is 0 Å². The van der Waals surface area contributed by atoms with Gasteiger partial charge in [0.2, 0.25) is 11.6 Å². The molecule has 106 valence electrons. The number of ketones is 1. The molecule has 0 saturated carbocycles. The fourth-order valence-electron chi connectivity index (χ4n) is 2.30. The number of hydrogen-bond acceptors (Lipinski definition) is 4. The zero-order valence-electron chi connectivity index (χ0n) is 11.9. The number of rotatable bonds is 3. The standard InChI is InChI=1S/C16H15N3O2/c1-3-13-14(15(21)11-4-6-12(20)7-5-11)19-9-8-10(2)17-16(19)18-13/h4-9,20H,3H2,1-2H3. The number of carbonyl (C=O) groups is 1. The molecule has 2 heterocycles. The summed E-state index contributed by atoms with van der Waals surface area (Å²) in [6.07, 6.45) is 2.47. The summed E-state index contributed by atoms with van der Waals surface area (Å²) in [5.41, 5.74) is 2.64. The van der Waals surface area contributed by atoms with Gasteiger partial charge in [0.25, 0.3) is 0 Å². The van der Waals surface area contributed by atoms with Crippen LogP contribution in [0.4, 0.5) is 0 Å². The highest BCUT2D eigenvalue weighted by Gasteiger charge is 2.20. The fourth-order valence-corrected chi connectivity index (χ4v) is 2.30. The summed E-state index contributed by atoms with van der Waals surface area (Å²) in [5.74, 6) is 0.552. The van der Waals surface area contributed by atoms with Crippen molar-refractivity contribution in [1.82, 2.24) is 14.4 Å². The summed E-state index contributed by atoms with van der Waals surface area (Å²) < 4.78 is 1.72. The number of carbonyl (C=O) groups excluding carboxylic acids is 1. The van der Waals surface area contributed by atoms with Crippen molar-refractivity contribution in [3.05, 3.63) is 59.2 Å². The van der Waals surface area contributed by atoms with Crippen molar-refractivity contribution in [3.8, 4) is 5.75 Å². The molecule has 5 heteroatoms. The number of imidazole rings is 1. The van der Waals surface area contributed by atoms with Crippen LogP contribution in [0.2, 0.25) is 0 Å². The highest BCUT2D eigenvalue weighted by Crippen LogP contribution is 2.19. The van der Waals surface area contributed by atoms with E-state index in [-0.39, 0.29) is 11.5 Å². The molecular weight excluding hydrogens is 266 g/mol. The highest BCUT2D eigenvalue weighted by molar-refractivity contribution is 6.09. The largest absolute Gasteiger partial charge is 0.508 e. The molecule has 1 N–H and O–H groups in total. The molecule has 0 spiro atoms. The molecule has 0 amide bonds. The van der Waals surface area contributed by atoms with Crippen LogP contribution in [0.1, 0.15) is 34.4 Å². The van der Waals surface area contributed by atoms with Crippen LogP contribution in [-0.2, 0) is 6.42 Å². The van der Waals surface area contributed by atoms with E-state index >= 15 is 0 Å². The molecule has 21 heavy (non-hydrogen) atoms. The molecule has 0 atom stereocenters. The first-order valence-electron chi connectivity index (χ1n) is 6.78. The van der Waals surface area contributed by atoms with Crippen LogP contribution in [0.15, 0.2) is 36.5 Å². The monoisotopic (exact) mass is 281 g/mol. The first-order chi connectivity index (χ1) is 10.1. The molecule has 3 rings (SSSR count). The number of aromatic nitrogens is 3. The quantitative estimate of drug-likeness (QED) is 0.749. The van der Waals surface area contributed by atoms with Crippen LogP contribution in [0.5, 0.6) is 5.75 Å². The number of phenolic OH excluding ortho intramolecular Hbond substituents is 1. The Morgan fingerprint density at radius 2 is 1.90 bits per heavy atom. The van der Waals surface area contributed by atoms with Gasteiger partial charge in [-0.25, -0.2) is 9.97 Å². The lowest BCUT2D eigenvalue weighted by Crippen LogP contribution is -2.08. The molecule has 2 aromatic heterocycles. The number of nitrogens with zero attached hydrogens (tertiary/aromatic N) is 3. The number of aryl methyl sites for hydroxylation is 2. The fraction of sp³-hybridized carbons (Fsp3) is 0.188. The minimum absolute atomic E-state index is 0.120. The van der Waals surface area contributed by atoms with Gasteiger partial charge in [0.1, 0.15) is 11.4 Å². The molecule has 0 aliphatic rings. The second kappa shape index (κ2) is 5.01. The lowest BCUT2D eigenvalue weighted by atomic mass is 10.1. The van der Waals surface area contributed by atoms with Crippen LogP contribution >= 0.6 is 0 Å². The van der Waals surface area contributed by atoms with Crippen molar-refractivity contribution in [2.24, 2.45) is 0 Å². The van der Waals surface area contributed by atoms with Gasteiger partial charge in [0.05, 0.1) is 5.69 Å². The third-order valence-corrected chi connectivity index (χ3v) is 3.39. The predicted molar refractivity (Wildman–Crippen MR) is 78.6 cm³/mol. The minimum atomic E-state index is -0.120. The van der Waals surface area contributed by atoms with Crippen LogP contribution in [0.25, 0.3) is 5.78 Å². The third-order valence-electron chi connectivity index (χ3n) is 3.39. The Balaban J connectivity index is 2.18. The Morgan fingerprint density at radius 1 is 1.19 bits per heavy atom. The molecule has 0 aliphatic carbocycles. The Morgan fingerprint density at radius 3 is 2.57 bits per heavy atom. The summed E-state index contributed by atoms with van der Waals surface area (Å²) in [7, 11) is 0. The minimum Gasteiger partial charge on any atom is -0.508 e. The number of benzene rings is 1. The van der Waals surface area contributed by atoms with Gasteiger partial charge in [-0.3, -0.25) is 9.20 Å². The van der Waals surface area contributed by atoms with Crippen LogP contribution < -0.4 is 0 Å². The van der Waals surface area contributed by atoms with Gasteiger partial charge < -0.3 is 5.11 Å². The predicted octanol–water partition coefficient (Wildman–Crippen LogP) is 2.54. The second-order valence-corrected chi connectivity index (χ2v) is 4.88. The highest BCUT2D eigenvalue weighted by atomic mass is 16.3. The van der Waals surface area contributed by atoms with Crippen molar-refractivity contribution in [2.75, 3.05) is 0 Å². The average molecular weight is 281 g/mol. The molecule has 0 radical (unpaired) electrons. The molecule has 0 fully saturated rings. The van der Waals surface area contributed by atoms with Crippen LogP contribution in [0, 0.1) is 6.92 Å². The van der Waals surface area contributed by atoms with Gasteiger partial charge in [0, 0.05) is 17.5 Å². The van der Waals surface area contributed by atoms with Gasteiger partial charge in [-0.2, -0.15) is 0 Å². The summed E-state index contributed by atoms with van der Waals surface area (Å²) in [4.78, 5) is 21.5. The molecule has 0 saturated heterocycles. The average Bonchev–Trinajstić information content (AvgIpc) is 2.84. The molecule has 0 bridgehead atoms. The lowest BCUT2D eigenvalue weighted by Gasteiger charge is -2.04. The van der Waals surface area contributed by atoms with Crippen molar-refractivity contribution in [1.29, 1.82) is 0 Å². The molecule has 3 aromatic rings. The van der Waals surface area contributed by atoms with Crippen molar-refractivity contribution >= 4 is 11.6 Å². The molecule has 1 aromatic carbocycles.